The first-order valence-electron chi connectivity index (χ1n) is 10.8. The van der Waals surface area contributed by atoms with Crippen LogP contribution < -0.4 is 9.62 Å². The van der Waals surface area contributed by atoms with Crippen molar-refractivity contribution < 1.29 is 0 Å². The quantitative estimate of drug-likeness (QED) is 0.698. The maximum absolute atomic E-state index is 2.45. The van der Waals surface area contributed by atoms with Gasteiger partial charge in [0.2, 0.25) is 0 Å². The van der Waals surface area contributed by atoms with E-state index in [1.54, 1.807) is 0 Å². The molecule has 0 aliphatic carbocycles. The molecule has 3 rings (SSSR count). The molecule has 0 saturated carbocycles. The molecule has 158 valence electrons. The molecular formula is C24H36B2N4. The minimum absolute atomic E-state index is 0.158. The van der Waals surface area contributed by atoms with Crippen molar-refractivity contribution in [3.63, 3.8) is 0 Å². The van der Waals surface area contributed by atoms with E-state index in [1.807, 2.05) is 0 Å². The first-order chi connectivity index (χ1) is 14.0. The smallest absolute Gasteiger partial charge is 0.356 e. The molecule has 1 aliphatic rings. The van der Waals surface area contributed by atoms with E-state index in [4.69, 9.17) is 0 Å². The molecule has 0 aromatic heterocycles. The molecule has 0 saturated heterocycles. The number of nitrogens with zero attached hydrogens (tertiary/aromatic N) is 4. The Hall–Kier alpha value is -2.17. The SMILES string of the molecule is Cc1cc(C)c(N2C=CN(c3c(C)cc(C)cc3C)B(N(C)C)B2N(C)C)c(C)c1. The van der Waals surface area contributed by atoms with Gasteiger partial charge in [0, 0.05) is 23.8 Å². The minimum atomic E-state index is 0.158. The van der Waals surface area contributed by atoms with E-state index < -0.39 is 0 Å². The number of benzene rings is 2. The Kier molecular flexibility index (Phi) is 6.40. The predicted molar refractivity (Wildman–Crippen MR) is 134 cm³/mol. The number of aryl methyl sites for hydroxylation is 6. The van der Waals surface area contributed by atoms with Gasteiger partial charge in [-0.25, -0.2) is 0 Å². The summed E-state index contributed by atoms with van der Waals surface area (Å²) in [5, 5.41) is 0. The van der Waals surface area contributed by atoms with Crippen molar-refractivity contribution >= 4 is 25.1 Å². The summed E-state index contributed by atoms with van der Waals surface area (Å²) < 4.78 is 0. The lowest BCUT2D eigenvalue weighted by Crippen LogP contribution is -2.71. The molecule has 0 amide bonds. The molecule has 0 spiro atoms. The summed E-state index contributed by atoms with van der Waals surface area (Å²) in [5.74, 6) is 0. The van der Waals surface area contributed by atoms with Crippen LogP contribution in [0.3, 0.4) is 0 Å². The summed E-state index contributed by atoms with van der Waals surface area (Å²) in [6.07, 6.45) is 4.52. The Morgan fingerprint density at radius 2 is 0.800 bits per heavy atom. The van der Waals surface area contributed by atoms with Crippen LogP contribution in [0.25, 0.3) is 0 Å². The van der Waals surface area contributed by atoms with E-state index in [9.17, 15) is 0 Å². The Bertz CT molecular complexity index is 844. The highest BCUT2D eigenvalue weighted by Crippen LogP contribution is 2.35. The fraction of sp³-hybridized carbons (Fsp3) is 0.417. The molecule has 4 nitrogen and oxygen atoms in total. The van der Waals surface area contributed by atoms with E-state index in [1.165, 1.54) is 44.8 Å². The van der Waals surface area contributed by atoms with Crippen molar-refractivity contribution in [3.8, 4) is 0 Å². The highest BCUT2D eigenvalue weighted by molar-refractivity contribution is 7.23. The van der Waals surface area contributed by atoms with Gasteiger partial charge in [0.15, 0.2) is 0 Å². The highest BCUT2D eigenvalue weighted by atomic mass is 15.3. The number of anilines is 2. The van der Waals surface area contributed by atoms with Crippen LogP contribution in [0.2, 0.25) is 0 Å². The van der Waals surface area contributed by atoms with Crippen LogP contribution >= 0.6 is 0 Å². The van der Waals surface area contributed by atoms with Gasteiger partial charge in [0.1, 0.15) is 0 Å². The molecule has 30 heavy (non-hydrogen) atoms. The molecule has 0 radical (unpaired) electrons. The van der Waals surface area contributed by atoms with E-state index >= 15 is 0 Å². The average Bonchev–Trinajstić information content (AvgIpc) is 2.59. The lowest BCUT2D eigenvalue weighted by Gasteiger charge is -2.47. The van der Waals surface area contributed by atoms with Gasteiger partial charge < -0.3 is 19.2 Å². The molecule has 0 unspecified atom stereocenters. The van der Waals surface area contributed by atoms with Gasteiger partial charge in [-0.3, -0.25) is 0 Å². The van der Waals surface area contributed by atoms with Crippen molar-refractivity contribution in [2.75, 3.05) is 37.8 Å². The van der Waals surface area contributed by atoms with Crippen LogP contribution in [0.1, 0.15) is 33.4 Å². The Balaban J connectivity index is 2.21. The topological polar surface area (TPSA) is 13.0 Å². The van der Waals surface area contributed by atoms with Gasteiger partial charge in [0.05, 0.1) is 0 Å². The molecule has 0 atom stereocenters. The van der Waals surface area contributed by atoms with Crippen molar-refractivity contribution in [3.05, 3.63) is 70.0 Å². The van der Waals surface area contributed by atoms with E-state index in [0.29, 0.717) is 0 Å². The first kappa shape index (κ1) is 22.5. The van der Waals surface area contributed by atoms with E-state index in [-0.39, 0.29) is 13.7 Å². The Morgan fingerprint density at radius 3 is 1.03 bits per heavy atom. The lowest BCUT2D eigenvalue weighted by atomic mass is 9.29. The molecule has 1 heterocycles. The van der Waals surface area contributed by atoms with Gasteiger partial charge in [-0.05, 0) is 92.0 Å². The van der Waals surface area contributed by atoms with Crippen LogP contribution in [-0.2, 0) is 0 Å². The summed E-state index contributed by atoms with van der Waals surface area (Å²) in [5.41, 5.74) is 10.5. The third-order valence-corrected chi connectivity index (χ3v) is 6.07. The molecule has 0 bridgehead atoms. The lowest BCUT2D eigenvalue weighted by molar-refractivity contribution is 0.613. The van der Waals surface area contributed by atoms with Crippen LogP contribution in [-0.4, -0.2) is 51.6 Å². The standard InChI is InChI=1S/C24H36B2N4/c1-17-13-19(3)23(20(4)14-17)29-11-12-30(26(28(9)10)25(29)27(7)8)24-21(5)15-18(2)16-22(24)6/h11-16H,1-10H3. The molecule has 0 N–H and O–H groups in total. The van der Waals surface area contributed by atoms with Gasteiger partial charge in [-0.15, -0.1) is 0 Å². The third kappa shape index (κ3) is 4.03. The average molecular weight is 402 g/mol. The zero-order valence-electron chi connectivity index (χ0n) is 20.4. The van der Waals surface area contributed by atoms with Crippen LogP contribution in [0.5, 0.6) is 0 Å². The maximum Gasteiger partial charge on any atom is 0.356 e. The normalized spacial score (nSPS) is 14.5. The summed E-state index contributed by atoms with van der Waals surface area (Å²) in [7, 11) is 8.72. The van der Waals surface area contributed by atoms with Gasteiger partial charge >= 0.3 is 13.7 Å². The molecule has 2 aromatic carbocycles. The van der Waals surface area contributed by atoms with Crippen LogP contribution in [0.15, 0.2) is 36.7 Å². The van der Waals surface area contributed by atoms with Crippen LogP contribution in [0.4, 0.5) is 11.4 Å². The van der Waals surface area contributed by atoms with Crippen molar-refractivity contribution in [2.45, 2.75) is 41.5 Å². The van der Waals surface area contributed by atoms with Gasteiger partial charge in [-0.2, -0.15) is 0 Å². The van der Waals surface area contributed by atoms with E-state index in [2.05, 4.69) is 126 Å². The summed E-state index contributed by atoms with van der Waals surface area (Å²) in [6.45, 7) is 13.6. The Morgan fingerprint density at radius 1 is 0.533 bits per heavy atom. The Labute approximate surface area is 184 Å². The molecular weight excluding hydrogens is 366 g/mol. The fourth-order valence-electron chi connectivity index (χ4n) is 5.21. The maximum atomic E-state index is 2.45. The van der Waals surface area contributed by atoms with Gasteiger partial charge in [-0.1, -0.05) is 35.4 Å². The zero-order valence-corrected chi connectivity index (χ0v) is 20.4. The number of hydrogen-bond donors (Lipinski definition) is 0. The predicted octanol–water partition coefficient (Wildman–Crippen LogP) is 4.51. The summed E-state index contributed by atoms with van der Waals surface area (Å²) in [6, 6.07) is 9.14. The molecule has 2 aromatic rings. The largest absolute Gasteiger partial charge is 0.379 e. The number of rotatable bonds is 4. The monoisotopic (exact) mass is 402 g/mol. The van der Waals surface area contributed by atoms with Crippen molar-refractivity contribution in [2.24, 2.45) is 0 Å². The summed E-state index contributed by atoms with van der Waals surface area (Å²) >= 11 is 0. The summed E-state index contributed by atoms with van der Waals surface area (Å²) in [4.78, 5) is 9.56. The van der Waals surface area contributed by atoms with Crippen LogP contribution in [0, 0.1) is 41.5 Å². The second-order valence-corrected chi connectivity index (χ2v) is 9.36. The third-order valence-electron chi connectivity index (χ3n) is 6.07. The van der Waals surface area contributed by atoms with Gasteiger partial charge in [0.25, 0.3) is 0 Å². The second-order valence-electron chi connectivity index (χ2n) is 9.36. The minimum Gasteiger partial charge on any atom is -0.379 e. The first-order valence-corrected chi connectivity index (χ1v) is 10.8. The van der Waals surface area contributed by atoms with E-state index in [0.717, 1.165) is 0 Å². The zero-order chi connectivity index (χ0) is 22.3. The molecule has 6 heteroatoms. The molecule has 1 aliphatic heterocycles. The number of hydrogen-bond acceptors (Lipinski definition) is 4. The highest BCUT2D eigenvalue weighted by Gasteiger charge is 2.47. The fourth-order valence-corrected chi connectivity index (χ4v) is 5.21. The molecule has 0 fully saturated rings. The second kappa shape index (κ2) is 8.52. The van der Waals surface area contributed by atoms with Crippen molar-refractivity contribution in [1.29, 1.82) is 0 Å². The van der Waals surface area contributed by atoms with Crippen molar-refractivity contribution in [1.82, 2.24) is 9.62 Å².